The number of aromatic nitrogens is 4. The molecule has 0 aliphatic heterocycles. The van der Waals surface area contributed by atoms with Crippen LogP contribution in [0.15, 0.2) is 72.2 Å². The van der Waals surface area contributed by atoms with E-state index in [9.17, 15) is 28.0 Å². The highest BCUT2D eigenvalue weighted by molar-refractivity contribution is 5.84. The van der Waals surface area contributed by atoms with Crippen molar-refractivity contribution in [3.63, 3.8) is 0 Å². The smallest absolute Gasteiger partial charge is 0.335 e. The lowest BCUT2D eigenvalue weighted by Gasteiger charge is -2.23. The maximum absolute atomic E-state index is 13.4. The Bertz CT molecular complexity index is 1520. The predicted molar refractivity (Wildman–Crippen MR) is 130 cm³/mol. The molecule has 0 aliphatic rings. The first-order valence-electron chi connectivity index (χ1n) is 11.5. The third kappa shape index (κ3) is 5.53. The van der Waals surface area contributed by atoms with E-state index in [-0.39, 0.29) is 17.7 Å². The number of pyridine rings is 2. The van der Waals surface area contributed by atoms with Gasteiger partial charge in [-0.2, -0.15) is 23.5 Å². The maximum atomic E-state index is 13.4. The molecule has 0 saturated carbocycles. The Morgan fingerprint density at radius 3 is 2.59 bits per heavy atom. The second kappa shape index (κ2) is 10.3. The number of nitrogens with one attached hydrogen (secondary N) is 1. The Hall–Kier alpha value is -4.46. The van der Waals surface area contributed by atoms with Gasteiger partial charge in [0, 0.05) is 35.7 Å². The molecule has 11 heteroatoms. The number of alkyl halides is 3. The third-order valence-corrected chi connectivity index (χ3v) is 5.86. The lowest BCUT2D eigenvalue weighted by Crippen LogP contribution is -2.39. The van der Waals surface area contributed by atoms with Gasteiger partial charge in [-0.15, -0.1) is 0 Å². The number of benzene rings is 1. The van der Waals surface area contributed by atoms with Crippen LogP contribution in [0.4, 0.5) is 13.2 Å². The number of carbonyl (C=O) groups is 1. The summed E-state index contributed by atoms with van der Waals surface area (Å²) in [6, 6.07) is 7.72. The van der Waals surface area contributed by atoms with Crippen LogP contribution in [0.2, 0.25) is 0 Å². The molecule has 2 atom stereocenters. The Balaban J connectivity index is 1.69. The molecule has 190 valence electrons. The largest absolute Gasteiger partial charge is 0.416 e. The molecule has 8 nitrogen and oxygen atoms in total. The van der Waals surface area contributed by atoms with Crippen molar-refractivity contribution in [3.8, 4) is 11.8 Å². The minimum absolute atomic E-state index is 0.0368. The van der Waals surface area contributed by atoms with Crippen LogP contribution < -0.4 is 10.9 Å². The molecule has 0 fully saturated rings. The number of nitriles is 1. The molecule has 1 N–H and O–H groups in total. The minimum atomic E-state index is -4.62. The topological polar surface area (TPSA) is 106 Å². The second-order valence-corrected chi connectivity index (χ2v) is 8.97. The molecule has 1 aromatic carbocycles. The zero-order chi connectivity index (χ0) is 26.7. The summed E-state index contributed by atoms with van der Waals surface area (Å²) in [5.74, 6) is -0.650. The fourth-order valence-corrected chi connectivity index (χ4v) is 4.05. The predicted octanol–water partition coefficient (Wildman–Crippen LogP) is 4.57. The SMILES string of the molecule is CC(C)C[C@@H](C(=O)N[C@H](C#N)c1cncc(-n2cccn2)c1)n1ccc2ccc(C(F)(F)F)cc2c1=O. The van der Waals surface area contributed by atoms with Gasteiger partial charge >= 0.3 is 6.18 Å². The molecule has 0 saturated heterocycles. The van der Waals surface area contributed by atoms with Crippen LogP contribution in [0.5, 0.6) is 0 Å². The summed E-state index contributed by atoms with van der Waals surface area (Å²) < 4.78 is 42.4. The first-order valence-corrected chi connectivity index (χ1v) is 11.5. The molecule has 4 rings (SSSR count). The summed E-state index contributed by atoms with van der Waals surface area (Å²) in [6.45, 7) is 3.71. The summed E-state index contributed by atoms with van der Waals surface area (Å²) in [6.07, 6.45) is 3.29. The molecule has 3 aromatic heterocycles. The molecule has 3 heterocycles. The summed E-state index contributed by atoms with van der Waals surface area (Å²) in [7, 11) is 0. The fourth-order valence-electron chi connectivity index (χ4n) is 4.05. The fraction of sp³-hybridized carbons (Fsp3) is 0.269. The van der Waals surface area contributed by atoms with Crippen LogP contribution in [0.1, 0.15) is 43.5 Å². The lowest BCUT2D eigenvalue weighted by atomic mass is 10.0. The summed E-state index contributed by atoms with van der Waals surface area (Å²) >= 11 is 0. The highest BCUT2D eigenvalue weighted by atomic mass is 19.4. The van der Waals surface area contributed by atoms with Crippen molar-refractivity contribution < 1.29 is 18.0 Å². The number of carbonyl (C=O) groups excluding carboxylic acids is 1. The summed E-state index contributed by atoms with van der Waals surface area (Å²) in [5.41, 5.74) is -0.677. The zero-order valence-electron chi connectivity index (χ0n) is 20.0. The van der Waals surface area contributed by atoms with Crippen molar-refractivity contribution in [1.29, 1.82) is 5.26 Å². The first-order chi connectivity index (χ1) is 17.6. The number of nitrogens with zero attached hydrogens (tertiary/aromatic N) is 5. The van der Waals surface area contributed by atoms with Gasteiger partial charge in [0.1, 0.15) is 12.1 Å². The van der Waals surface area contributed by atoms with E-state index in [0.29, 0.717) is 16.6 Å². The number of hydrogen-bond acceptors (Lipinski definition) is 5. The van der Waals surface area contributed by atoms with Crippen molar-refractivity contribution >= 4 is 16.7 Å². The van der Waals surface area contributed by atoms with Crippen molar-refractivity contribution in [2.45, 2.75) is 38.5 Å². The molecule has 37 heavy (non-hydrogen) atoms. The quantitative estimate of drug-likeness (QED) is 0.394. The highest BCUT2D eigenvalue weighted by Crippen LogP contribution is 2.31. The molecular weight excluding hydrogens is 485 g/mol. The molecule has 0 aliphatic carbocycles. The molecular formula is C26H23F3N6O2. The number of rotatable bonds is 7. The Morgan fingerprint density at radius 2 is 1.95 bits per heavy atom. The van der Waals surface area contributed by atoms with Crippen molar-refractivity contribution in [2.75, 3.05) is 0 Å². The van der Waals surface area contributed by atoms with Crippen LogP contribution in [0.3, 0.4) is 0 Å². The normalized spacial score (nSPS) is 13.3. The van der Waals surface area contributed by atoms with Gasteiger partial charge in [0.2, 0.25) is 5.91 Å². The van der Waals surface area contributed by atoms with Gasteiger partial charge in [-0.3, -0.25) is 14.6 Å². The Kier molecular flexibility index (Phi) is 7.11. The zero-order valence-corrected chi connectivity index (χ0v) is 20.0. The molecule has 4 aromatic rings. The van der Waals surface area contributed by atoms with Gasteiger partial charge in [0.05, 0.1) is 23.5 Å². The van der Waals surface area contributed by atoms with E-state index in [1.165, 1.54) is 24.5 Å². The molecule has 0 unspecified atom stereocenters. The van der Waals surface area contributed by atoms with Crippen molar-refractivity contribution in [2.24, 2.45) is 5.92 Å². The number of fused-ring (bicyclic) bond motifs is 1. The van der Waals surface area contributed by atoms with Crippen LogP contribution in [-0.4, -0.2) is 25.2 Å². The van der Waals surface area contributed by atoms with Gasteiger partial charge < -0.3 is 9.88 Å². The molecule has 0 spiro atoms. The van der Waals surface area contributed by atoms with E-state index in [0.717, 1.165) is 16.7 Å². The summed E-state index contributed by atoms with van der Waals surface area (Å²) in [4.78, 5) is 30.8. The number of halogens is 3. The average molecular weight is 509 g/mol. The van der Waals surface area contributed by atoms with Gasteiger partial charge in [-0.1, -0.05) is 19.9 Å². The van der Waals surface area contributed by atoms with E-state index in [1.807, 2.05) is 19.9 Å². The van der Waals surface area contributed by atoms with Gasteiger partial charge in [0.25, 0.3) is 5.56 Å². The van der Waals surface area contributed by atoms with Crippen molar-refractivity contribution in [1.82, 2.24) is 24.6 Å². The minimum Gasteiger partial charge on any atom is -0.335 e. The van der Waals surface area contributed by atoms with Crippen LogP contribution in [0.25, 0.3) is 16.5 Å². The first kappa shape index (κ1) is 25.6. The van der Waals surface area contributed by atoms with Crippen molar-refractivity contribution in [3.05, 3.63) is 88.9 Å². The molecule has 0 bridgehead atoms. The Morgan fingerprint density at radius 1 is 1.16 bits per heavy atom. The van der Waals surface area contributed by atoms with Crippen LogP contribution in [-0.2, 0) is 11.0 Å². The Labute approximate surface area is 210 Å². The monoisotopic (exact) mass is 508 g/mol. The van der Waals surface area contributed by atoms with E-state index >= 15 is 0 Å². The molecule has 1 amide bonds. The number of amides is 1. The average Bonchev–Trinajstić information content (AvgIpc) is 3.41. The molecule has 0 radical (unpaired) electrons. The maximum Gasteiger partial charge on any atom is 0.416 e. The second-order valence-electron chi connectivity index (χ2n) is 8.97. The van der Waals surface area contributed by atoms with Gasteiger partial charge in [0.15, 0.2) is 0 Å². The van der Waals surface area contributed by atoms with E-state index in [1.54, 1.807) is 35.4 Å². The van der Waals surface area contributed by atoms with Gasteiger partial charge in [-0.25, -0.2) is 4.68 Å². The number of hydrogen-bond donors (Lipinski definition) is 1. The van der Waals surface area contributed by atoms with Gasteiger partial charge in [-0.05, 0) is 48.1 Å². The van der Waals surface area contributed by atoms with Crippen LogP contribution >= 0.6 is 0 Å². The summed E-state index contributed by atoms with van der Waals surface area (Å²) in [5, 5.41) is 16.8. The standard InChI is InChI=1S/C26H23F3N6O2/c1-16(2)10-23(34-9-6-17-4-5-19(26(27,28)29)12-21(17)25(34)37)24(36)33-22(13-30)18-11-20(15-31-14-18)35-8-3-7-32-35/h3-9,11-12,14-16,22-23H,10H2,1-2H3,(H,33,36)/t22-,23+/m1/s1. The van der Waals surface area contributed by atoms with E-state index in [2.05, 4.69) is 15.4 Å². The highest BCUT2D eigenvalue weighted by Gasteiger charge is 2.31. The van der Waals surface area contributed by atoms with Crippen LogP contribution in [0, 0.1) is 17.2 Å². The van der Waals surface area contributed by atoms with E-state index < -0.39 is 35.3 Å². The lowest BCUT2D eigenvalue weighted by molar-refractivity contribution is -0.137. The van der Waals surface area contributed by atoms with E-state index in [4.69, 9.17) is 0 Å². The third-order valence-electron chi connectivity index (χ3n) is 5.86.